The van der Waals surface area contributed by atoms with Crippen LogP contribution in [0.3, 0.4) is 0 Å². The summed E-state index contributed by atoms with van der Waals surface area (Å²) in [6, 6.07) is 19.1. The van der Waals surface area contributed by atoms with E-state index in [0.717, 1.165) is 22.5 Å². The molecule has 2 aromatic heterocycles. The minimum absolute atomic E-state index is 0.0578. The molecule has 0 atom stereocenters. The SMILES string of the molecule is Cc1cc(NC(=O)COC(=O)CCc2ncc(-c3ccccc3)o2)n(-c2ccccc2C)n1. The van der Waals surface area contributed by atoms with Crippen LogP contribution >= 0.6 is 0 Å². The van der Waals surface area contributed by atoms with Crippen LogP contribution in [0.15, 0.2) is 71.3 Å². The summed E-state index contributed by atoms with van der Waals surface area (Å²) in [5.74, 6) is 0.636. The summed E-state index contributed by atoms with van der Waals surface area (Å²) >= 11 is 0. The first-order valence-electron chi connectivity index (χ1n) is 10.6. The first-order valence-corrected chi connectivity index (χ1v) is 10.6. The van der Waals surface area contributed by atoms with E-state index in [4.69, 9.17) is 9.15 Å². The quantitative estimate of drug-likeness (QED) is 0.408. The molecule has 8 nitrogen and oxygen atoms in total. The Hall–Kier alpha value is -4.20. The number of aromatic nitrogens is 3. The maximum absolute atomic E-state index is 12.4. The van der Waals surface area contributed by atoms with Crippen LogP contribution in [0.2, 0.25) is 0 Å². The van der Waals surface area contributed by atoms with Crippen molar-refractivity contribution in [2.24, 2.45) is 0 Å². The summed E-state index contributed by atoms with van der Waals surface area (Å²) in [6.07, 6.45) is 1.97. The topological polar surface area (TPSA) is 99.2 Å². The van der Waals surface area contributed by atoms with Gasteiger partial charge < -0.3 is 14.5 Å². The van der Waals surface area contributed by atoms with Crippen molar-refractivity contribution in [3.8, 4) is 17.0 Å². The van der Waals surface area contributed by atoms with E-state index in [1.54, 1.807) is 16.9 Å². The lowest BCUT2D eigenvalue weighted by atomic mass is 10.2. The Balaban J connectivity index is 1.28. The maximum Gasteiger partial charge on any atom is 0.306 e. The molecule has 0 aliphatic rings. The number of carbonyl (C=O) groups is 2. The number of anilines is 1. The van der Waals surface area contributed by atoms with E-state index in [2.05, 4.69) is 15.4 Å². The molecule has 0 unspecified atom stereocenters. The van der Waals surface area contributed by atoms with E-state index in [1.807, 2.05) is 68.4 Å². The molecule has 33 heavy (non-hydrogen) atoms. The third-order valence-electron chi connectivity index (χ3n) is 4.96. The summed E-state index contributed by atoms with van der Waals surface area (Å²) in [4.78, 5) is 28.7. The Labute approximate surface area is 191 Å². The zero-order valence-electron chi connectivity index (χ0n) is 18.4. The normalized spacial score (nSPS) is 10.7. The van der Waals surface area contributed by atoms with Crippen LogP contribution in [0.1, 0.15) is 23.6 Å². The number of aryl methyl sites for hydroxylation is 3. The van der Waals surface area contributed by atoms with Crippen LogP contribution < -0.4 is 5.32 Å². The summed E-state index contributed by atoms with van der Waals surface area (Å²) in [7, 11) is 0. The van der Waals surface area contributed by atoms with Crippen LogP contribution in [0, 0.1) is 13.8 Å². The highest BCUT2D eigenvalue weighted by Gasteiger charge is 2.15. The van der Waals surface area contributed by atoms with Crippen molar-refractivity contribution in [3.05, 3.63) is 84.0 Å². The number of amides is 1. The van der Waals surface area contributed by atoms with Gasteiger partial charge in [0.2, 0.25) is 0 Å². The molecule has 0 radical (unpaired) electrons. The number of rotatable bonds is 8. The number of nitrogens with one attached hydrogen (secondary N) is 1. The van der Waals surface area contributed by atoms with Gasteiger partial charge in [-0.1, -0.05) is 48.5 Å². The Kier molecular flexibility index (Phi) is 6.64. The minimum Gasteiger partial charge on any atom is -0.456 e. The predicted octanol–water partition coefficient (Wildman–Crippen LogP) is 4.26. The highest BCUT2D eigenvalue weighted by Crippen LogP contribution is 2.21. The van der Waals surface area contributed by atoms with E-state index in [1.165, 1.54) is 0 Å². The molecule has 0 fully saturated rings. The minimum atomic E-state index is -0.506. The van der Waals surface area contributed by atoms with Gasteiger partial charge in [-0.3, -0.25) is 9.59 Å². The lowest BCUT2D eigenvalue weighted by Crippen LogP contribution is -2.22. The lowest BCUT2D eigenvalue weighted by molar-refractivity contribution is -0.147. The molecule has 0 saturated heterocycles. The summed E-state index contributed by atoms with van der Waals surface area (Å²) in [5.41, 5.74) is 3.55. The first kappa shape index (κ1) is 22.0. The lowest BCUT2D eigenvalue weighted by Gasteiger charge is -2.11. The first-order chi connectivity index (χ1) is 16.0. The molecule has 1 amide bonds. The third kappa shape index (κ3) is 5.54. The fraction of sp³-hybridized carbons (Fsp3) is 0.200. The van der Waals surface area contributed by atoms with Gasteiger partial charge in [0, 0.05) is 18.1 Å². The molecule has 2 heterocycles. The number of benzene rings is 2. The Morgan fingerprint density at radius 3 is 2.61 bits per heavy atom. The number of nitrogens with zero attached hydrogens (tertiary/aromatic N) is 3. The molecule has 4 rings (SSSR count). The molecule has 0 aliphatic heterocycles. The zero-order chi connectivity index (χ0) is 23.2. The van der Waals surface area contributed by atoms with Gasteiger partial charge in [0.25, 0.3) is 5.91 Å². The molecule has 168 valence electrons. The van der Waals surface area contributed by atoms with E-state index in [-0.39, 0.29) is 12.8 Å². The smallest absolute Gasteiger partial charge is 0.306 e. The van der Waals surface area contributed by atoms with Gasteiger partial charge in [-0.15, -0.1) is 0 Å². The molecule has 0 aliphatic carbocycles. The van der Waals surface area contributed by atoms with E-state index in [0.29, 0.717) is 17.5 Å². The number of hydrogen-bond acceptors (Lipinski definition) is 6. The van der Waals surface area contributed by atoms with Gasteiger partial charge in [-0.25, -0.2) is 9.67 Å². The summed E-state index contributed by atoms with van der Waals surface area (Å²) < 4.78 is 12.5. The third-order valence-corrected chi connectivity index (χ3v) is 4.96. The summed E-state index contributed by atoms with van der Waals surface area (Å²) in [5, 5.41) is 7.21. The van der Waals surface area contributed by atoms with E-state index in [9.17, 15) is 9.59 Å². The zero-order valence-corrected chi connectivity index (χ0v) is 18.4. The predicted molar refractivity (Wildman–Crippen MR) is 123 cm³/mol. The van der Waals surface area contributed by atoms with Crippen molar-refractivity contribution in [1.29, 1.82) is 0 Å². The monoisotopic (exact) mass is 444 g/mol. The van der Waals surface area contributed by atoms with Gasteiger partial charge in [0.05, 0.1) is 24.0 Å². The number of carbonyl (C=O) groups excluding carboxylic acids is 2. The van der Waals surface area contributed by atoms with Crippen molar-refractivity contribution in [2.75, 3.05) is 11.9 Å². The second-order valence-electron chi connectivity index (χ2n) is 7.56. The fourth-order valence-electron chi connectivity index (χ4n) is 3.34. The van der Waals surface area contributed by atoms with Crippen LogP contribution in [-0.2, 0) is 20.7 Å². The molecule has 0 saturated carbocycles. The van der Waals surface area contributed by atoms with Crippen molar-refractivity contribution in [3.63, 3.8) is 0 Å². The van der Waals surface area contributed by atoms with Crippen LogP contribution in [0.4, 0.5) is 5.82 Å². The van der Waals surface area contributed by atoms with Gasteiger partial charge >= 0.3 is 5.97 Å². The molecule has 2 aromatic carbocycles. The maximum atomic E-state index is 12.4. The summed E-state index contributed by atoms with van der Waals surface area (Å²) in [6.45, 7) is 3.42. The molecule has 1 N–H and O–H groups in total. The fourth-order valence-corrected chi connectivity index (χ4v) is 3.34. The van der Waals surface area contributed by atoms with Crippen molar-refractivity contribution in [1.82, 2.24) is 14.8 Å². The van der Waals surface area contributed by atoms with Gasteiger partial charge in [0.15, 0.2) is 18.3 Å². The Morgan fingerprint density at radius 1 is 1.06 bits per heavy atom. The van der Waals surface area contributed by atoms with Crippen molar-refractivity contribution >= 4 is 17.7 Å². The van der Waals surface area contributed by atoms with Crippen molar-refractivity contribution < 1.29 is 18.7 Å². The largest absolute Gasteiger partial charge is 0.456 e. The van der Waals surface area contributed by atoms with Gasteiger partial charge in [-0.2, -0.15) is 5.10 Å². The number of ether oxygens (including phenoxy) is 1. The number of esters is 1. The molecule has 8 heteroatoms. The second-order valence-corrected chi connectivity index (χ2v) is 7.56. The molecule has 0 spiro atoms. The molecule has 4 aromatic rings. The average Bonchev–Trinajstić information content (AvgIpc) is 3.44. The van der Waals surface area contributed by atoms with Crippen LogP contribution in [0.25, 0.3) is 17.0 Å². The molecule has 0 bridgehead atoms. The van der Waals surface area contributed by atoms with Gasteiger partial charge in [0.1, 0.15) is 5.82 Å². The van der Waals surface area contributed by atoms with Crippen LogP contribution in [0.5, 0.6) is 0 Å². The molecular formula is C25H24N4O4. The van der Waals surface area contributed by atoms with Crippen molar-refractivity contribution in [2.45, 2.75) is 26.7 Å². The number of para-hydroxylation sites is 1. The highest BCUT2D eigenvalue weighted by molar-refractivity contribution is 5.92. The Morgan fingerprint density at radius 2 is 1.82 bits per heavy atom. The Bertz CT molecular complexity index is 1260. The standard InChI is InChI=1S/C25H24N4O4/c1-17-8-6-7-11-20(17)29-22(14-18(2)28-29)27-23(30)16-32-25(31)13-12-24-26-15-21(33-24)19-9-4-3-5-10-19/h3-11,14-15H,12-13,16H2,1-2H3,(H,27,30). The number of oxazole rings is 1. The molecular weight excluding hydrogens is 420 g/mol. The van der Waals surface area contributed by atoms with E-state index >= 15 is 0 Å². The highest BCUT2D eigenvalue weighted by atomic mass is 16.5. The second kappa shape index (κ2) is 9.95. The van der Waals surface area contributed by atoms with Crippen LogP contribution in [-0.4, -0.2) is 33.2 Å². The van der Waals surface area contributed by atoms with Gasteiger partial charge in [-0.05, 0) is 25.5 Å². The van der Waals surface area contributed by atoms with E-state index < -0.39 is 18.5 Å². The number of hydrogen-bond donors (Lipinski definition) is 1. The average molecular weight is 444 g/mol.